The lowest BCUT2D eigenvalue weighted by Crippen LogP contribution is -2.46. The first-order valence-electron chi connectivity index (χ1n) is 7.39. The van der Waals surface area contributed by atoms with Crippen molar-refractivity contribution < 1.29 is 14.3 Å². The topological polar surface area (TPSA) is 64.5 Å². The van der Waals surface area contributed by atoms with Crippen molar-refractivity contribution in [2.24, 2.45) is 0 Å². The van der Waals surface area contributed by atoms with E-state index >= 15 is 0 Å². The molecular formula is C15H22ClN3O3. The Morgan fingerprint density at radius 1 is 1.41 bits per heavy atom. The molecule has 0 spiro atoms. The van der Waals surface area contributed by atoms with Gasteiger partial charge in [-0.25, -0.2) is 9.78 Å². The second-order valence-electron chi connectivity index (χ2n) is 6.43. The average molecular weight is 328 g/mol. The highest BCUT2D eigenvalue weighted by Crippen LogP contribution is 2.20. The second-order valence-corrected chi connectivity index (χ2v) is 6.76. The van der Waals surface area contributed by atoms with E-state index in [0.29, 0.717) is 19.0 Å². The molecule has 1 fully saturated rings. The fourth-order valence-corrected chi connectivity index (χ4v) is 2.48. The molecule has 1 aromatic rings. The summed E-state index contributed by atoms with van der Waals surface area (Å²) in [5, 5.41) is 0.162. The van der Waals surface area contributed by atoms with Crippen molar-refractivity contribution in [3.05, 3.63) is 17.0 Å². The summed E-state index contributed by atoms with van der Waals surface area (Å²) in [6, 6.07) is 1.73. The summed E-state index contributed by atoms with van der Waals surface area (Å²) in [5.41, 5.74) is 0.247. The van der Waals surface area contributed by atoms with Gasteiger partial charge in [-0.2, -0.15) is 4.98 Å². The van der Waals surface area contributed by atoms with Gasteiger partial charge in [0, 0.05) is 18.3 Å². The minimum Gasteiger partial charge on any atom is -0.472 e. The van der Waals surface area contributed by atoms with E-state index in [9.17, 15) is 4.79 Å². The largest absolute Gasteiger partial charge is 0.472 e. The molecule has 1 atom stereocenters. The Morgan fingerprint density at radius 3 is 2.77 bits per heavy atom. The molecule has 122 valence electrons. The van der Waals surface area contributed by atoms with E-state index in [1.54, 1.807) is 11.0 Å². The molecule has 1 amide bonds. The van der Waals surface area contributed by atoms with Gasteiger partial charge >= 0.3 is 6.09 Å². The van der Waals surface area contributed by atoms with Gasteiger partial charge in [0.1, 0.15) is 11.7 Å². The number of likely N-dealkylation sites (tertiary alicyclic amines) is 1. The highest BCUT2D eigenvalue weighted by atomic mass is 35.5. The molecule has 7 heteroatoms. The molecule has 1 aromatic heterocycles. The normalized spacial score (nSPS) is 19.0. The van der Waals surface area contributed by atoms with Crippen LogP contribution in [0.4, 0.5) is 4.79 Å². The number of hydrogen-bond donors (Lipinski definition) is 0. The van der Waals surface area contributed by atoms with Gasteiger partial charge in [0.15, 0.2) is 0 Å². The molecule has 6 nitrogen and oxygen atoms in total. The molecule has 0 N–H and O–H groups in total. The molecule has 22 heavy (non-hydrogen) atoms. The predicted molar refractivity (Wildman–Crippen MR) is 83.2 cm³/mol. The molecule has 0 bridgehead atoms. The molecule has 2 rings (SSSR count). The first-order valence-corrected chi connectivity index (χ1v) is 7.76. The third kappa shape index (κ3) is 5.02. The van der Waals surface area contributed by atoms with Crippen molar-refractivity contribution >= 4 is 17.7 Å². The maximum absolute atomic E-state index is 12.1. The molecule has 1 aliphatic rings. The highest BCUT2D eigenvalue weighted by molar-refractivity contribution is 6.28. The lowest BCUT2D eigenvalue weighted by molar-refractivity contribution is 0.00719. The number of carbonyl (C=O) groups is 1. The lowest BCUT2D eigenvalue weighted by atomic mass is 10.1. The quantitative estimate of drug-likeness (QED) is 0.780. The van der Waals surface area contributed by atoms with Crippen molar-refractivity contribution in [1.29, 1.82) is 0 Å². The van der Waals surface area contributed by atoms with Crippen molar-refractivity contribution in [1.82, 2.24) is 14.9 Å². The van der Waals surface area contributed by atoms with Crippen LogP contribution in [0.1, 0.15) is 39.3 Å². The molecule has 0 aliphatic carbocycles. The maximum Gasteiger partial charge on any atom is 0.410 e. The molecule has 0 radical (unpaired) electrons. The van der Waals surface area contributed by atoms with E-state index < -0.39 is 5.60 Å². The fourth-order valence-electron chi connectivity index (χ4n) is 2.26. The summed E-state index contributed by atoms with van der Waals surface area (Å²) < 4.78 is 11.2. The summed E-state index contributed by atoms with van der Waals surface area (Å²) in [6.07, 6.45) is 1.30. The minimum absolute atomic E-state index is 0.119. The number of carbonyl (C=O) groups excluding carboxylic acids is 1. The van der Waals surface area contributed by atoms with Crippen LogP contribution in [0.2, 0.25) is 5.28 Å². The van der Waals surface area contributed by atoms with E-state index in [1.165, 1.54) is 0 Å². The molecular weight excluding hydrogens is 306 g/mol. The van der Waals surface area contributed by atoms with E-state index in [-0.39, 0.29) is 17.5 Å². The van der Waals surface area contributed by atoms with Crippen molar-refractivity contribution in [2.45, 2.75) is 52.2 Å². The second kappa shape index (κ2) is 6.69. The number of piperidine rings is 1. The predicted octanol–water partition coefficient (Wildman–Crippen LogP) is 3.22. The van der Waals surface area contributed by atoms with E-state index in [2.05, 4.69) is 9.97 Å². The van der Waals surface area contributed by atoms with Crippen molar-refractivity contribution in [3.8, 4) is 5.88 Å². The van der Waals surface area contributed by atoms with Gasteiger partial charge in [0.2, 0.25) is 11.2 Å². The van der Waals surface area contributed by atoms with Crippen LogP contribution in [0.5, 0.6) is 5.88 Å². The summed E-state index contributed by atoms with van der Waals surface area (Å²) in [6.45, 7) is 8.56. The zero-order valence-electron chi connectivity index (χ0n) is 13.4. The van der Waals surface area contributed by atoms with Gasteiger partial charge in [-0.05, 0) is 52.1 Å². The Morgan fingerprint density at radius 2 is 2.14 bits per heavy atom. The molecule has 1 aliphatic heterocycles. The highest BCUT2D eigenvalue weighted by Gasteiger charge is 2.28. The number of aryl methyl sites for hydroxylation is 1. The SMILES string of the molecule is Cc1cc(O[C@@H]2CCCN(C(=O)OC(C)(C)C)C2)nc(Cl)n1. The van der Waals surface area contributed by atoms with Crippen molar-refractivity contribution in [3.63, 3.8) is 0 Å². The molecule has 0 aromatic carbocycles. The number of nitrogens with zero attached hydrogens (tertiary/aromatic N) is 3. The number of amides is 1. The number of hydrogen-bond acceptors (Lipinski definition) is 5. The number of rotatable bonds is 2. The van der Waals surface area contributed by atoms with Crippen LogP contribution in [-0.4, -0.2) is 45.8 Å². The van der Waals surface area contributed by atoms with E-state index in [4.69, 9.17) is 21.1 Å². The molecule has 2 heterocycles. The van der Waals surface area contributed by atoms with Gasteiger partial charge in [-0.3, -0.25) is 0 Å². The fraction of sp³-hybridized carbons (Fsp3) is 0.667. The molecule has 1 saturated heterocycles. The van der Waals surface area contributed by atoms with Crippen LogP contribution in [0.3, 0.4) is 0 Å². The van der Waals surface area contributed by atoms with Crippen LogP contribution < -0.4 is 4.74 Å². The first-order chi connectivity index (χ1) is 10.2. The third-order valence-electron chi connectivity index (χ3n) is 3.12. The number of halogens is 1. The van der Waals surface area contributed by atoms with Crippen LogP contribution >= 0.6 is 11.6 Å². The summed E-state index contributed by atoms with van der Waals surface area (Å²) in [4.78, 5) is 21.9. The summed E-state index contributed by atoms with van der Waals surface area (Å²) >= 11 is 5.83. The Hall–Kier alpha value is -1.56. The van der Waals surface area contributed by atoms with Crippen LogP contribution in [0, 0.1) is 6.92 Å². The Kier molecular flexibility index (Phi) is 5.11. The van der Waals surface area contributed by atoms with Gasteiger partial charge in [-0.15, -0.1) is 0 Å². The van der Waals surface area contributed by atoms with Crippen molar-refractivity contribution in [2.75, 3.05) is 13.1 Å². The Labute approximate surface area is 135 Å². The van der Waals surface area contributed by atoms with Crippen LogP contribution in [-0.2, 0) is 4.74 Å². The van der Waals surface area contributed by atoms with Crippen LogP contribution in [0.25, 0.3) is 0 Å². The minimum atomic E-state index is -0.498. The zero-order valence-corrected chi connectivity index (χ0v) is 14.2. The zero-order chi connectivity index (χ0) is 16.3. The first kappa shape index (κ1) is 16.8. The van der Waals surface area contributed by atoms with E-state index in [1.807, 2.05) is 27.7 Å². The Balaban J connectivity index is 1.97. The van der Waals surface area contributed by atoms with Gasteiger partial charge in [0.25, 0.3) is 0 Å². The monoisotopic (exact) mass is 327 g/mol. The summed E-state index contributed by atoms with van der Waals surface area (Å²) in [5.74, 6) is 0.438. The van der Waals surface area contributed by atoms with Crippen LogP contribution in [0.15, 0.2) is 6.07 Å². The van der Waals surface area contributed by atoms with Gasteiger partial charge in [0.05, 0.1) is 6.54 Å². The third-order valence-corrected chi connectivity index (χ3v) is 3.29. The van der Waals surface area contributed by atoms with Gasteiger partial charge < -0.3 is 14.4 Å². The molecule has 0 unspecified atom stereocenters. The number of aromatic nitrogens is 2. The standard InChI is InChI=1S/C15H22ClN3O3/c1-10-8-12(18-13(16)17-10)21-11-6-5-7-19(9-11)14(20)22-15(2,3)4/h8,11H,5-7,9H2,1-4H3/t11-/m1/s1. The van der Waals surface area contributed by atoms with E-state index in [0.717, 1.165) is 18.5 Å². The Bertz CT molecular complexity index is 525. The average Bonchev–Trinajstić information content (AvgIpc) is 2.35. The smallest absolute Gasteiger partial charge is 0.410 e. The lowest BCUT2D eigenvalue weighted by Gasteiger charge is -2.33. The van der Waals surface area contributed by atoms with Gasteiger partial charge in [-0.1, -0.05) is 0 Å². The maximum atomic E-state index is 12.1. The molecule has 0 saturated carbocycles. The summed E-state index contributed by atoms with van der Waals surface area (Å²) in [7, 11) is 0. The number of ether oxygens (including phenoxy) is 2.